The summed E-state index contributed by atoms with van der Waals surface area (Å²) in [6.07, 6.45) is 2.23. The summed E-state index contributed by atoms with van der Waals surface area (Å²) < 4.78 is 24.6. The fourth-order valence-electron chi connectivity index (χ4n) is 3.45. The molecule has 2 aromatic carbocycles. The predicted molar refractivity (Wildman–Crippen MR) is 133 cm³/mol. The molecule has 31 heavy (non-hydrogen) atoms. The summed E-state index contributed by atoms with van der Waals surface area (Å²) in [5, 5.41) is 3.33. The van der Waals surface area contributed by atoms with Gasteiger partial charge in [-0.15, -0.1) is 24.0 Å². The molecule has 0 bridgehead atoms. The molecule has 0 aliphatic carbocycles. The number of nitrogens with one attached hydrogen (secondary N) is 1. The summed E-state index contributed by atoms with van der Waals surface area (Å²) >= 11 is 0. The van der Waals surface area contributed by atoms with Gasteiger partial charge in [0, 0.05) is 33.4 Å². The van der Waals surface area contributed by atoms with Gasteiger partial charge in [0.25, 0.3) is 0 Å². The van der Waals surface area contributed by atoms with Gasteiger partial charge < -0.3 is 19.7 Å². The highest BCUT2D eigenvalue weighted by atomic mass is 127. The van der Waals surface area contributed by atoms with E-state index in [0.717, 1.165) is 49.7 Å². The van der Waals surface area contributed by atoms with Crippen LogP contribution < -0.4 is 5.32 Å². The van der Waals surface area contributed by atoms with E-state index >= 15 is 0 Å². The van der Waals surface area contributed by atoms with E-state index in [9.17, 15) is 4.39 Å². The molecule has 0 amide bonds. The third kappa shape index (κ3) is 8.74. The van der Waals surface area contributed by atoms with Crippen LogP contribution in [0.4, 0.5) is 4.39 Å². The lowest BCUT2D eigenvalue weighted by Gasteiger charge is -2.23. The van der Waals surface area contributed by atoms with Gasteiger partial charge >= 0.3 is 0 Å². The number of ether oxygens (including phenoxy) is 2. The summed E-state index contributed by atoms with van der Waals surface area (Å²) in [6.45, 7) is 6.27. The maximum atomic E-state index is 13.1. The zero-order valence-electron chi connectivity index (χ0n) is 18.4. The first-order valence-electron chi connectivity index (χ1n) is 10.6. The highest BCUT2D eigenvalue weighted by Gasteiger charge is 2.14. The standard InChI is InChI=1S/C24H32FN3O2.HI/c1-3-26-24(28(2)17-19-7-9-22(25)10-8-19)27-16-20-5-4-6-21(15-20)18-30-23-11-13-29-14-12-23;/h4-10,15,23H,3,11-14,16-18H2,1-2H3,(H,26,27);1H. The number of nitrogens with zero attached hydrogens (tertiary/aromatic N) is 2. The Morgan fingerprint density at radius 3 is 2.55 bits per heavy atom. The Morgan fingerprint density at radius 1 is 1.13 bits per heavy atom. The highest BCUT2D eigenvalue weighted by Crippen LogP contribution is 2.15. The van der Waals surface area contributed by atoms with Crippen LogP contribution in [0.3, 0.4) is 0 Å². The topological polar surface area (TPSA) is 46.1 Å². The molecule has 0 spiro atoms. The minimum absolute atomic E-state index is 0. The minimum atomic E-state index is -0.220. The number of rotatable bonds is 8. The third-order valence-electron chi connectivity index (χ3n) is 5.09. The molecule has 1 heterocycles. The number of benzene rings is 2. The fraction of sp³-hybridized carbons (Fsp3) is 0.458. The second-order valence-corrected chi connectivity index (χ2v) is 7.60. The molecule has 1 fully saturated rings. The molecule has 0 radical (unpaired) electrons. The van der Waals surface area contributed by atoms with Crippen LogP contribution in [0.5, 0.6) is 0 Å². The Kier molecular flexibility index (Phi) is 11.2. The molecule has 1 aliphatic heterocycles. The van der Waals surface area contributed by atoms with Crippen molar-refractivity contribution in [3.05, 3.63) is 71.0 Å². The molecule has 0 aromatic heterocycles. The van der Waals surface area contributed by atoms with Crippen LogP contribution in [0.15, 0.2) is 53.5 Å². The van der Waals surface area contributed by atoms with E-state index in [1.807, 2.05) is 7.05 Å². The minimum Gasteiger partial charge on any atom is -0.381 e. The average Bonchev–Trinajstić information content (AvgIpc) is 2.78. The Labute approximate surface area is 202 Å². The van der Waals surface area contributed by atoms with Gasteiger partial charge in [-0.3, -0.25) is 0 Å². The summed E-state index contributed by atoms with van der Waals surface area (Å²) in [7, 11) is 1.99. The Hall–Kier alpha value is -1.71. The summed E-state index contributed by atoms with van der Waals surface area (Å²) in [5.74, 6) is 0.605. The molecule has 5 nitrogen and oxygen atoms in total. The van der Waals surface area contributed by atoms with Crippen molar-refractivity contribution in [3.63, 3.8) is 0 Å². The first-order valence-corrected chi connectivity index (χ1v) is 10.6. The number of guanidine groups is 1. The van der Waals surface area contributed by atoms with Gasteiger partial charge in [-0.2, -0.15) is 0 Å². The fourth-order valence-corrected chi connectivity index (χ4v) is 3.45. The van der Waals surface area contributed by atoms with Crippen molar-refractivity contribution in [2.24, 2.45) is 4.99 Å². The normalized spacial score (nSPS) is 14.7. The zero-order chi connectivity index (χ0) is 21.2. The van der Waals surface area contributed by atoms with Crippen LogP contribution in [0.25, 0.3) is 0 Å². The number of hydrogen-bond acceptors (Lipinski definition) is 3. The first-order chi connectivity index (χ1) is 14.6. The van der Waals surface area contributed by atoms with E-state index in [1.165, 1.54) is 17.7 Å². The van der Waals surface area contributed by atoms with E-state index in [1.54, 1.807) is 12.1 Å². The second kappa shape index (κ2) is 13.6. The van der Waals surface area contributed by atoms with E-state index in [4.69, 9.17) is 14.5 Å². The third-order valence-corrected chi connectivity index (χ3v) is 5.09. The van der Waals surface area contributed by atoms with Crippen molar-refractivity contribution in [2.75, 3.05) is 26.8 Å². The van der Waals surface area contributed by atoms with Gasteiger partial charge in [0.1, 0.15) is 5.82 Å². The number of halogens is 2. The van der Waals surface area contributed by atoms with Crippen molar-refractivity contribution in [1.29, 1.82) is 0 Å². The van der Waals surface area contributed by atoms with Crippen molar-refractivity contribution in [2.45, 2.75) is 45.6 Å². The van der Waals surface area contributed by atoms with Crippen LogP contribution in [0.2, 0.25) is 0 Å². The van der Waals surface area contributed by atoms with Gasteiger partial charge in [-0.25, -0.2) is 9.38 Å². The molecule has 1 saturated heterocycles. The van der Waals surface area contributed by atoms with Crippen molar-refractivity contribution in [1.82, 2.24) is 10.2 Å². The monoisotopic (exact) mass is 541 g/mol. The quantitative estimate of drug-likeness (QED) is 0.298. The van der Waals surface area contributed by atoms with Crippen LogP contribution in [-0.2, 0) is 29.2 Å². The van der Waals surface area contributed by atoms with Gasteiger partial charge in [0.05, 0.1) is 19.3 Å². The summed E-state index contributed by atoms with van der Waals surface area (Å²) in [4.78, 5) is 6.84. The molecule has 2 aromatic rings. The van der Waals surface area contributed by atoms with Gasteiger partial charge in [0.15, 0.2) is 5.96 Å². The molecule has 3 rings (SSSR count). The molecular weight excluding hydrogens is 508 g/mol. The van der Waals surface area contributed by atoms with Gasteiger partial charge in [-0.1, -0.05) is 36.4 Å². The first kappa shape index (κ1) is 25.5. The Bertz CT molecular complexity index is 811. The maximum absolute atomic E-state index is 13.1. The molecule has 170 valence electrons. The molecular formula is C24H33FIN3O2. The van der Waals surface area contributed by atoms with E-state index in [-0.39, 0.29) is 29.8 Å². The molecule has 1 N–H and O–H groups in total. The highest BCUT2D eigenvalue weighted by molar-refractivity contribution is 14.0. The lowest BCUT2D eigenvalue weighted by molar-refractivity contribution is -0.0390. The Balaban J connectivity index is 0.00000341. The molecule has 0 atom stereocenters. The lowest BCUT2D eigenvalue weighted by Crippen LogP contribution is -2.38. The van der Waals surface area contributed by atoms with Crippen LogP contribution >= 0.6 is 24.0 Å². The van der Waals surface area contributed by atoms with Gasteiger partial charge in [-0.05, 0) is 48.6 Å². The average molecular weight is 541 g/mol. The van der Waals surface area contributed by atoms with Crippen molar-refractivity contribution in [3.8, 4) is 0 Å². The lowest BCUT2D eigenvalue weighted by atomic mass is 10.1. The number of hydrogen-bond donors (Lipinski definition) is 1. The van der Waals surface area contributed by atoms with Crippen molar-refractivity contribution < 1.29 is 13.9 Å². The van der Waals surface area contributed by atoms with Crippen LogP contribution in [0, 0.1) is 5.82 Å². The summed E-state index contributed by atoms with van der Waals surface area (Å²) in [6, 6.07) is 15.0. The van der Waals surface area contributed by atoms with Gasteiger partial charge in [0.2, 0.25) is 0 Å². The molecule has 0 unspecified atom stereocenters. The SMILES string of the molecule is CCNC(=NCc1cccc(COC2CCOCC2)c1)N(C)Cc1ccc(F)cc1.I. The Morgan fingerprint density at radius 2 is 1.84 bits per heavy atom. The second-order valence-electron chi connectivity index (χ2n) is 7.60. The maximum Gasteiger partial charge on any atom is 0.194 e. The van der Waals surface area contributed by atoms with Crippen molar-refractivity contribution >= 4 is 29.9 Å². The van der Waals surface area contributed by atoms with Crippen LogP contribution in [0.1, 0.15) is 36.5 Å². The smallest absolute Gasteiger partial charge is 0.194 e. The largest absolute Gasteiger partial charge is 0.381 e. The van der Waals surface area contributed by atoms with E-state index in [0.29, 0.717) is 25.8 Å². The molecule has 1 aliphatic rings. The summed E-state index contributed by atoms with van der Waals surface area (Å²) in [5.41, 5.74) is 3.35. The van der Waals surface area contributed by atoms with Crippen LogP contribution in [-0.4, -0.2) is 43.8 Å². The van der Waals surface area contributed by atoms with E-state index in [2.05, 4.69) is 41.4 Å². The van der Waals surface area contributed by atoms with E-state index < -0.39 is 0 Å². The molecule has 0 saturated carbocycles. The zero-order valence-corrected chi connectivity index (χ0v) is 20.7. The molecule has 7 heteroatoms. The predicted octanol–water partition coefficient (Wildman–Crippen LogP) is 4.74. The number of aliphatic imine (C=N–C) groups is 1.